The second-order valence-corrected chi connectivity index (χ2v) is 15.9. The number of aromatic nitrogens is 2. The number of anilines is 1. The molecule has 11 heteroatoms. The summed E-state index contributed by atoms with van der Waals surface area (Å²) in [6.45, 7) is 6.53. The molecule has 0 spiro atoms. The standard InChI is InChI=1S/C36H45N5O5S/c1-3-46-31-6-4-5-28(18-31)29-7-8-30(33(19-29)45-2)23-40-11-13-41(14-12-40)34-10-9-32(37-38-34)35(42)39-47(43,44)24-36-20-25-15-26(21-36)17-27(16-25)22-36/h4-10,18-19,25-27H,3,11-17,20-24H2,1-2H3,(H,39,42). The van der Waals surface area contributed by atoms with E-state index in [-0.39, 0.29) is 16.9 Å². The molecule has 1 aromatic heterocycles. The van der Waals surface area contributed by atoms with Crippen LogP contribution in [0.25, 0.3) is 11.1 Å². The predicted octanol–water partition coefficient (Wildman–Crippen LogP) is 5.15. The van der Waals surface area contributed by atoms with E-state index in [9.17, 15) is 13.2 Å². The van der Waals surface area contributed by atoms with Gasteiger partial charge in [0.05, 0.1) is 19.5 Å². The summed E-state index contributed by atoms with van der Waals surface area (Å²) in [5.74, 6) is 3.65. The number of piperazine rings is 1. The first-order valence-electron chi connectivity index (χ1n) is 17.0. The van der Waals surface area contributed by atoms with Crippen molar-refractivity contribution in [3.8, 4) is 22.6 Å². The minimum absolute atomic E-state index is 0.0154. The number of hydrogen-bond acceptors (Lipinski definition) is 9. The fraction of sp³-hybridized carbons (Fsp3) is 0.528. The molecule has 0 radical (unpaired) electrons. The second-order valence-electron chi connectivity index (χ2n) is 14.1. The van der Waals surface area contributed by atoms with Crippen molar-refractivity contribution in [3.63, 3.8) is 0 Å². The molecule has 2 aromatic carbocycles. The molecule has 4 saturated carbocycles. The Bertz CT molecular complexity index is 1670. The second kappa shape index (κ2) is 13.1. The van der Waals surface area contributed by atoms with Gasteiger partial charge < -0.3 is 14.4 Å². The van der Waals surface area contributed by atoms with Crippen molar-refractivity contribution in [2.24, 2.45) is 23.2 Å². The van der Waals surface area contributed by atoms with Crippen molar-refractivity contribution in [3.05, 3.63) is 65.9 Å². The average molecular weight is 660 g/mol. The van der Waals surface area contributed by atoms with Crippen LogP contribution in [0.2, 0.25) is 0 Å². The Morgan fingerprint density at radius 2 is 1.62 bits per heavy atom. The molecule has 8 rings (SSSR count). The van der Waals surface area contributed by atoms with Crippen molar-refractivity contribution >= 4 is 21.7 Å². The average Bonchev–Trinajstić information content (AvgIpc) is 3.04. The maximum absolute atomic E-state index is 13.1. The number of rotatable bonds is 11. The molecule has 0 atom stereocenters. The molecule has 2 heterocycles. The summed E-state index contributed by atoms with van der Waals surface area (Å²) in [4.78, 5) is 17.4. The molecule has 4 bridgehead atoms. The molecule has 4 aliphatic carbocycles. The Balaban J connectivity index is 0.921. The van der Waals surface area contributed by atoms with E-state index >= 15 is 0 Å². The fourth-order valence-corrected chi connectivity index (χ4v) is 10.7. The molecule has 47 heavy (non-hydrogen) atoms. The van der Waals surface area contributed by atoms with E-state index in [1.807, 2.05) is 25.1 Å². The van der Waals surface area contributed by atoms with E-state index in [1.165, 1.54) is 19.3 Å². The van der Waals surface area contributed by atoms with Gasteiger partial charge in [-0.25, -0.2) is 13.1 Å². The molecule has 3 aromatic rings. The molecule has 1 saturated heterocycles. The molecular formula is C36H45N5O5S. The van der Waals surface area contributed by atoms with Gasteiger partial charge in [-0.3, -0.25) is 9.69 Å². The zero-order valence-corrected chi connectivity index (χ0v) is 28.2. The van der Waals surface area contributed by atoms with E-state index < -0.39 is 15.9 Å². The van der Waals surface area contributed by atoms with Crippen LogP contribution in [0.4, 0.5) is 5.82 Å². The van der Waals surface area contributed by atoms with E-state index in [0.717, 1.165) is 80.2 Å². The van der Waals surface area contributed by atoms with Gasteiger partial charge in [-0.1, -0.05) is 24.3 Å². The van der Waals surface area contributed by atoms with Crippen LogP contribution in [0, 0.1) is 23.2 Å². The number of nitrogens with zero attached hydrogens (tertiary/aromatic N) is 4. The summed E-state index contributed by atoms with van der Waals surface area (Å²) in [6, 6.07) is 17.7. The van der Waals surface area contributed by atoms with Crippen LogP contribution in [0.5, 0.6) is 11.5 Å². The Morgan fingerprint density at radius 1 is 0.915 bits per heavy atom. The third-order valence-corrected chi connectivity index (χ3v) is 12.1. The van der Waals surface area contributed by atoms with Crippen molar-refractivity contribution < 1.29 is 22.7 Å². The number of amides is 1. The predicted molar refractivity (Wildman–Crippen MR) is 181 cm³/mol. The lowest BCUT2D eigenvalue weighted by atomic mass is 9.50. The van der Waals surface area contributed by atoms with Crippen LogP contribution >= 0.6 is 0 Å². The number of methoxy groups -OCH3 is 1. The molecule has 1 aliphatic heterocycles. The summed E-state index contributed by atoms with van der Waals surface area (Å²) < 4.78 is 40.0. The Kier molecular flexibility index (Phi) is 8.86. The quantitative estimate of drug-likeness (QED) is 0.299. The molecule has 250 valence electrons. The van der Waals surface area contributed by atoms with E-state index in [2.05, 4.69) is 49.0 Å². The minimum atomic E-state index is -3.78. The third kappa shape index (κ3) is 7.11. The highest BCUT2D eigenvalue weighted by molar-refractivity contribution is 7.90. The first-order chi connectivity index (χ1) is 22.7. The highest BCUT2D eigenvalue weighted by Gasteiger charge is 2.52. The van der Waals surface area contributed by atoms with Gasteiger partial charge in [-0.2, -0.15) is 0 Å². The normalized spacial score (nSPS) is 25.5. The SMILES string of the molecule is CCOc1cccc(-c2ccc(CN3CCN(c4ccc(C(=O)NS(=O)(=O)CC56CC7CC(CC(C7)C5)C6)nn4)CC3)c(OC)c2)c1. The Labute approximate surface area is 277 Å². The van der Waals surface area contributed by atoms with E-state index in [4.69, 9.17) is 9.47 Å². The van der Waals surface area contributed by atoms with Crippen molar-refractivity contribution in [1.29, 1.82) is 0 Å². The maximum Gasteiger partial charge on any atom is 0.285 e. The summed E-state index contributed by atoms with van der Waals surface area (Å²) in [5, 5.41) is 8.42. The summed E-state index contributed by atoms with van der Waals surface area (Å²) in [5.41, 5.74) is 3.12. The van der Waals surface area contributed by atoms with Gasteiger partial charge in [0.1, 0.15) is 11.5 Å². The van der Waals surface area contributed by atoms with Gasteiger partial charge >= 0.3 is 0 Å². The zero-order valence-electron chi connectivity index (χ0n) is 27.4. The first kappa shape index (κ1) is 31.9. The number of ether oxygens (including phenoxy) is 2. The van der Waals surface area contributed by atoms with Crippen LogP contribution in [0.15, 0.2) is 54.6 Å². The van der Waals surface area contributed by atoms with Crippen molar-refractivity contribution in [1.82, 2.24) is 19.8 Å². The molecule has 1 amide bonds. The van der Waals surface area contributed by atoms with Gasteiger partial charge in [-0.15, -0.1) is 10.2 Å². The van der Waals surface area contributed by atoms with Gasteiger partial charge in [0.15, 0.2) is 11.5 Å². The van der Waals surface area contributed by atoms with Gasteiger partial charge in [0.2, 0.25) is 10.0 Å². The monoisotopic (exact) mass is 659 g/mol. The first-order valence-corrected chi connectivity index (χ1v) is 18.6. The fourth-order valence-electron chi connectivity index (χ4n) is 9.08. The largest absolute Gasteiger partial charge is 0.496 e. The lowest BCUT2D eigenvalue weighted by Crippen LogP contribution is -2.51. The molecule has 5 fully saturated rings. The van der Waals surface area contributed by atoms with Crippen LogP contribution < -0.4 is 19.1 Å². The highest BCUT2D eigenvalue weighted by atomic mass is 32.2. The zero-order chi connectivity index (χ0) is 32.6. The number of benzene rings is 2. The topological polar surface area (TPSA) is 114 Å². The molecule has 5 aliphatic rings. The van der Waals surface area contributed by atoms with Crippen LogP contribution in [-0.4, -0.2) is 75.1 Å². The van der Waals surface area contributed by atoms with Crippen molar-refractivity contribution in [2.45, 2.75) is 52.0 Å². The third-order valence-electron chi connectivity index (χ3n) is 10.6. The summed E-state index contributed by atoms with van der Waals surface area (Å²) in [6.07, 6.45) is 6.66. The van der Waals surface area contributed by atoms with Gasteiger partial charge in [-0.05, 0) is 110 Å². The summed E-state index contributed by atoms with van der Waals surface area (Å²) >= 11 is 0. The number of hydrogen-bond donors (Lipinski definition) is 1. The number of sulfonamides is 1. The van der Waals surface area contributed by atoms with Gasteiger partial charge in [0.25, 0.3) is 5.91 Å². The number of nitrogens with one attached hydrogen (secondary N) is 1. The Morgan fingerprint density at radius 3 is 2.26 bits per heavy atom. The van der Waals surface area contributed by atoms with Crippen LogP contribution in [-0.2, 0) is 16.6 Å². The molecular weight excluding hydrogens is 614 g/mol. The van der Waals surface area contributed by atoms with E-state index in [1.54, 1.807) is 19.2 Å². The highest BCUT2D eigenvalue weighted by Crippen LogP contribution is 2.60. The van der Waals surface area contributed by atoms with Gasteiger partial charge in [0, 0.05) is 38.3 Å². The maximum atomic E-state index is 13.1. The summed E-state index contributed by atoms with van der Waals surface area (Å²) in [7, 11) is -2.07. The molecule has 0 unspecified atom stereocenters. The van der Waals surface area contributed by atoms with E-state index in [0.29, 0.717) is 30.2 Å². The Hall–Kier alpha value is -3.70. The minimum Gasteiger partial charge on any atom is -0.496 e. The number of carbonyl (C=O) groups is 1. The lowest BCUT2D eigenvalue weighted by Gasteiger charge is -2.56. The van der Waals surface area contributed by atoms with Crippen LogP contribution in [0.1, 0.15) is 61.5 Å². The molecule has 10 nitrogen and oxygen atoms in total. The number of carbonyl (C=O) groups excluding carboxylic acids is 1. The molecule has 1 N–H and O–H groups in total. The van der Waals surface area contributed by atoms with Crippen molar-refractivity contribution in [2.75, 3.05) is 50.5 Å². The van der Waals surface area contributed by atoms with Crippen LogP contribution in [0.3, 0.4) is 0 Å². The lowest BCUT2D eigenvalue weighted by molar-refractivity contribution is -0.0391. The smallest absolute Gasteiger partial charge is 0.285 e.